The molecule has 1 atom stereocenters. The summed E-state index contributed by atoms with van der Waals surface area (Å²) in [5, 5.41) is 5.58. The Labute approximate surface area is 144 Å². The number of carbonyl (C=O) groups excluding carboxylic acids is 1. The largest absolute Gasteiger partial charge is 0.486 e. The highest BCUT2D eigenvalue weighted by Gasteiger charge is 2.17. The first kappa shape index (κ1) is 16.9. The van der Waals surface area contributed by atoms with Gasteiger partial charge in [-0.1, -0.05) is 17.7 Å². The van der Waals surface area contributed by atoms with Crippen LogP contribution in [0.25, 0.3) is 0 Å². The van der Waals surface area contributed by atoms with Crippen LogP contribution < -0.4 is 10.1 Å². The number of nitrogens with one attached hydrogen (secondary N) is 1. The summed E-state index contributed by atoms with van der Waals surface area (Å²) in [5.74, 6) is 0.746. The highest BCUT2D eigenvalue weighted by Crippen LogP contribution is 2.16. The Bertz CT molecular complexity index is 665. The summed E-state index contributed by atoms with van der Waals surface area (Å²) in [6, 6.07) is 7.89. The van der Waals surface area contributed by atoms with Gasteiger partial charge in [0.25, 0.3) is 0 Å². The molecule has 1 fully saturated rings. The Kier molecular flexibility index (Phi) is 5.79. The van der Waals surface area contributed by atoms with Gasteiger partial charge in [0.15, 0.2) is 0 Å². The van der Waals surface area contributed by atoms with Gasteiger partial charge >= 0.3 is 0 Å². The molecule has 1 aliphatic heterocycles. The molecule has 2 aromatic rings. The van der Waals surface area contributed by atoms with Gasteiger partial charge in [0.1, 0.15) is 30.3 Å². The predicted molar refractivity (Wildman–Crippen MR) is 90.0 cm³/mol. The van der Waals surface area contributed by atoms with Crippen molar-refractivity contribution in [3.05, 3.63) is 45.9 Å². The van der Waals surface area contributed by atoms with Crippen molar-refractivity contribution in [3.63, 3.8) is 0 Å². The van der Waals surface area contributed by atoms with E-state index < -0.39 is 0 Å². The molecule has 1 amide bonds. The number of hydrogen-bond donors (Lipinski definition) is 1. The predicted octanol–water partition coefficient (Wildman–Crippen LogP) is 2.06. The summed E-state index contributed by atoms with van der Waals surface area (Å²) in [4.78, 5) is 16.4. The number of carbonyl (C=O) groups is 1. The number of amides is 1. The van der Waals surface area contributed by atoms with E-state index >= 15 is 0 Å². The van der Waals surface area contributed by atoms with Crippen molar-refractivity contribution >= 4 is 17.2 Å². The van der Waals surface area contributed by atoms with Crippen molar-refractivity contribution < 1.29 is 19.0 Å². The minimum absolute atomic E-state index is 0.0529. The standard InChI is InChI=1S/C17H20N2O4S/c1-12-2-4-14(5-3-12)22-9-17-19-13(10-24-17)6-16(20)18-7-15-8-21-11-23-15/h2-5,10,15H,6-9,11H2,1H3,(H,18,20). The van der Waals surface area contributed by atoms with Gasteiger partial charge in [-0.2, -0.15) is 0 Å². The van der Waals surface area contributed by atoms with Crippen LogP contribution in [0.5, 0.6) is 5.75 Å². The Balaban J connectivity index is 1.42. The summed E-state index contributed by atoms with van der Waals surface area (Å²) in [6.07, 6.45) is 0.206. The smallest absolute Gasteiger partial charge is 0.226 e. The van der Waals surface area contributed by atoms with Crippen LogP contribution in [0.3, 0.4) is 0 Å². The van der Waals surface area contributed by atoms with Crippen LogP contribution in [0.2, 0.25) is 0 Å². The Morgan fingerprint density at radius 3 is 3.00 bits per heavy atom. The highest BCUT2D eigenvalue weighted by atomic mass is 32.1. The first-order valence-electron chi connectivity index (χ1n) is 7.78. The fourth-order valence-electron chi connectivity index (χ4n) is 2.22. The quantitative estimate of drug-likeness (QED) is 0.829. The van der Waals surface area contributed by atoms with Crippen LogP contribution in [0.15, 0.2) is 29.6 Å². The second-order valence-corrected chi connectivity index (χ2v) is 6.54. The summed E-state index contributed by atoms with van der Waals surface area (Å²) in [6.45, 7) is 3.73. The normalized spacial score (nSPS) is 17.0. The molecule has 1 N–H and O–H groups in total. The lowest BCUT2D eigenvalue weighted by atomic mass is 10.2. The molecule has 3 rings (SSSR count). The minimum Gasteiger partial charge on any atom is -0.486 e. The first-order valence-corrected chi connectivity index (χ1v) is 8.66. The molecule has 1 saturated heterocycles. The number of hydrogen-bond acceptors (Lipinski definition) is 6. The van der Waals surface area contributed by atoms with Crippen LogP contribution in [0, 0.1) is 6.92 Å². The van der Waals surface area contributed by atoms with Gasteiger partial charge in [-0.25, -0.2) is 4.98 Å². The average Bonchev–Trinajstić information content (AvgIpc) is 3.24. The second kappa shape index (κ2) is 8.23. The zero-order chi connectivity index (χ0) is 16.8. The summed E-state index contributed by atoms with van der Waals surface area (Å²) >= 11 is 1.50. The van der Waals surface area contributed by atoms with Gasteiger partial charge in [0.05, 0.1) is 18.7 Å². The molecule has 0 spiro atoms. The zero-order valence-corrected chi connectivity index (χ0v) is 14.3. The van der Waals surface area contributed by atoms with E-state index in [1.54, 1.807) is 0 Å². The van der Waals surface area contributed by atoms with E-state index in [1.165, 1.54) is 16.9 Å². The van der Waals surface area contributed by atoms with Crippen LogP contribution >= 0.6 is 11.3 Å². The molecule has 2 heterocycles. The van der Waals surface area contributed by atoms with Crippen molar-refractivity contribution in [3.8, 4) is 5.75 Å². The highest BCUT2D eigenvalue weighted by molar-refractivity contribution is 7.09. The van der Waals surface area contributed by atoms with E-state index in [0.717, 1.165) is 16.5 Å². The third-order valence-corrected chi connectivity index (χ3v) is 4.41. The van der Waals surface area contributed by atoms with Gasteiger partial charge in [-0.15, -0.1) is 11.3 Å². The number of rotatable bonds is 7. The average molecular weight is 348 g/mol. The molecular formula is C17H20N2O4S. The van der Waals surface area contributed by atoms with Crippen LogP contribution in [-0.2, 0) is 27.3 Å². The Morgan fingerprint density at radius 1 is 1.42 bits per heavy atom. The first-order chi connectivity index (χ1) is 11.7. The maximum atomic E-state index is 11.9. The van der Waals surface area contributed by atoms with Gasteiger partial charge in [-0.3, -0.25) is 4.79 Å². The van der Waals surface area contributed by atoms with Gasteiger partial charge in [0, 0.05) is 11.9 Å². The topological polar surface area (TPSA) is 69.7 Å². The van der Waals surface area contributed by atoms with E-state index in [-0.39, 0.29) is 18.4 Å². The van der Waals surface area contributed by atoms with Gasteiger partial charge in [-0.05, 0) is 19.1 Å². The van der Waals surface area contributed by atoms with E-state index in [9.17, 15) is 4.79 Å². The van der Waals surface area contributed by atoms with E-state index in [4.69, 9.17) is 14.2 Å². The molecule has 0 bridgehead atoms. The summed E-state index contributed by atoms with van der Waals surface area (Å²) < 4.78 is 16.1. The van der Waals surface area contributed by atoms with Crippen molar-refractivity contribution in [1.29, 1.82) is 0 Å². The monoisotopic (exact) mass is 348 g/mol. The SMILES string of the molecule is Cc1ccc(OCc2nc(CC(=O)NCC3COCO3)cs2)cc1. The molecule has 24 heavy (non-hydrogen) atoms. The molecule has 1 aromatic heterocycles. The van der Waals surface area contributed by atoms with Crippen LogP contribution in [0.1, 0.15) is 16.3 Å². The molecular weight excluding hydrogens is 328 g/mol. The van der Waals surface area contributed by atoms with E-state index in [2.05, 4.69) is 10.3 Å². The molecule has 0 aliphatic carbocycles. The molecule has 1 unspecified atom stereocenters. The summed E-state index contributed by atoms with van der Waals surface area (Å²) in [7, 11) is 0. The minimum atomic E-state index is -0.0678. The molecule has 6 nitrogen and oxygen atoms in total. The number of ether oxygens (including phenoxy) is 3. The maximum absolute atomic E-state index is 11.9. The molecule has 7 heteroatoms. The molecule has 0 saturated carbocycles. The van der Waals surface area contributed by atoms with Gasteiger partial charge < -0.3 is 19.5 Å². The number of thiazole rings is 1. The number of aromatic nitrogens is 1. The van der Waals surface area contributed by atoms with Crippen molar-refractivity contribution in [2.24, 2.45) is 0 Å². The molecule has 128 valence electrons. The lowest BCUT2D eigenvalue weighted by Gasteiger charge is -2.08. The van der Waals surface area contributed by atoms with Crippen molar-refractivity contribution in [2.45, 2.75) is 26.1 Å². The van der Waals surface area contributed by atoms with E-state index in [1.807, 2.05) is 36.6 Å². The molecule has 0 radical (unpaired) electrons. The molecule has 1 aliphatic rings. The third-order valence-electron chi connectivity index (χ3n) is 3.54. The van der Waals surface area contributed by atoms with Crippen LogP contribution in [0.4, 0.5) is 0 Å². The molecule has 1 aromatic carbocycles. The van der Waals surface area contributed by atoms with Crippen LogP contribution in [-0.4, -0.2) is 36.9 Å². The van der Waals surface area contributed by atoms with Crippen molar-refractivity contribution in [2.75, 3.05) is 19.9 Å². The summed E-state index contributed by atoms with van der Waals surface area (Å²) in [5.41, 5.74) is 1.95. The maximum Gasteiger partial charge on any atom is 0.226 e. The Hall–Kier alpha value is -1.96. The zero-order valence-electron chi connectivity index (χ0n) is 13.5. The number of benzene rings is 1. The second-order valence-electron chi connectivity index (χ2n) is 5.59. The Morgan fingerprint density at radius 2 is 2.25 bits per heavy atom. The lowest BCUT2D eigenvalue weighted by molar-refractivity contribution is -0.120. The fourth-order valence-corrected chi connectivity index (χ4v) is 2.93. The third kappa shape index (κ3) is 5.02. The lowest BCUT2D eigenvalue weighted by Crippen LogP contribution is -2.34. The van der Waals surface area contributed by atoms with E-state index in [0.29, 0.717) is 26.6 Å². The number of nitrogens with zero attached hydrogens (tertiary/aromatic N) is 1. The van der Waals surface area contributed by atoms with Gasteiger partial charge in [0.2, 0.25) is 5.91 Å². The van der Waals surface area contributed by atoms with Crippen molar-refractivity contribution in [1.82, 2.24) is 10.3 Å². The fraction of sp³-hybridized carbons (Fsp3) is 0.412. The number of aryl methyl sites for hydroxylation is 1.